The molecule has 19 heavy (non-hydrogen) atoms. The maximum Gasteiger partial charge on any atom is 0.279 e. The molecule has 2 fully saturated rings. The lowest BCUT2D eigenvalue weighted by Gasteiger charge is -2.44. The molecule has 0 amide bonds. The van der Waals surface area contributed by atoms with Gasteiger partial charge in [-0.15, -0.1) is 0 Å². The van der Waals surface area contributed by atoms with Crippen molar-refractivity contribution in [3.63, 3.8) is 0 Å². The largest absolute Gasteiger partial charge is 0.316 e. The highest BCUT2D eigenvalue weighted by Crippen LogP contribution is 2.36. The van der Waals surface area contributed by atoms with Crippen molar-refractivity contribution in [1.29, 1.82) is 0 Å². The molecule has 0 bridgehead atoms. The number of piperidine rings is 2. The molecule has 2 N–H and O–H groups in total. The van der Waals surface area contributed by atoms with Gasteiger partial charge in [-0.25, -0.2) is 4.72 Å². The van der Waals surface area contributed by atoms with Crippen LogP contribution >= 0.6 is 0 Å². The third-order valence-corrected chi connectivity index (χ3v) is 5.72. The summed E-state index contributed by atoms with van der Waals surface area (Å²) in [5.74, 6) is 0.338. The Balaban J connectivity index is 2.00. The van der Waals surface area contributed by atoms with Gasteiger partial charge >= 0.3 is 0 Å². The van der Waals surface area contributed by atoms with Crippen LogP contribution in [0.1, 0.15) is 39.5 Å². The number of rotatable bonds is 4. The predicted molar refractivity (Wildman–Crippen MR) is 77.1 cm³/mol. The molecule has 2 rings (SSSR count). The standard InChI is InChI=1S/C13H27N3O2S/c1-12(2)9-15-19(17,18)16-8-4-6-13(11-16)5-3-7-14-10-13/h12,14-15H,3-11H2,1-2H3. The van der Waals surface area contributed by atoms with Crippen LogP contribution in [0.5, 0.6) is 0 Å². The van der Waals surface area contributed by atoms with Crippen molar-refractivity contribution in [2.75, 3.05) is 32.7 Å². The fraction of sp³-hybridized carbons (Fsp3) is 1.00. The third kappa shape index (κ3) is 3.90. The van der Waals surface area contributed by atoms with Gasteiger partial charge in [0.05, 0.1) is 0 Å². The second kappa shape index (κ2) is 6.08. The Labute approximate surface area is 117 Å². The van der Waals surface area contributed by atoms with E-state index >= 15 is 0 Å². The molecule has 0 aromatic rings. The first kappa shape index (κ1) is 15.2. The van der Waals surface area contributed by atoms with E-state index in [1.807, 2.05) is 13.8 Å². The number of hydrogen-bond acceptors (Lipinski definition) is 3. The molecule has 0 radical (unpaired) electrons. The topological polar surface area (TPSA) is 61.4 Å². The monoisotopic (exact) mass is 289 g/mol. The van der Waals surface area contributed by atoms with E-state index in [9.17, 15) is 8.42 Å². The zero-order valence-corrected chi connectivity index (χ0v) is 12.9. The van der Waals surface area contributed by atoms with Gasteiger partial charge in [0.2, 0.25) is 0 Å². The van der Waals surface area contributed by atoms with Gasteiger partial charge in [0, 0.05) is 26.2 Å². The predicted octanol–water partition coefficient (Wildman–Crippen LogP) is 0.942. The first-order valence-corrected chi connectivity index (χ1v) is 8.83. The molecule has 0 aliphatic carbocycles. The second-order valence-electron chi connectivity index (χ2n) is 6.46. The van der Waals surface area contributed by atoms with Gasteiger partial charge in [-0.2, -0.15) is 12.7 Å². The van der Waals surface area contributed by atoms with Crippen LogP contribution in [0, 0.1) is 11.3 Å². The molecule has 2 aliphatic heterocycles. The molecule has 5 nitrogen and oxygen atoms in total. The molecule has 112 valence electrons. The van der Waals surface area contributed by atoms with Gasteiger partial charge in [-0.3, -0.25) is 0 Å². The average molecular weight is 289 g/mol. The Morgan fingerprint density at radius 1 is 1.32 bits per heavy atom. The van der Waals surface area contributed by atoms with Crippen molar-refractivity contribution in [2.24, 2.45) is 11.3 Å². The summed E-state index contributed by atoms with van der Waals surface area (Å²) in [6.07, 6.45) is 4.43. The van der Waals surface area contributed by atoms with E-state index in [1.165, 1.54) is 0 Å². The number of nitrogens with zero attached hydrogens (tertiary/aromatic N) is 1. The third-order valence-electron chi connectivity index (χ3n) is 4.20. The van der Waals surface area contributed by atoms with Crippen molar-refractivity contribution < 1.29 is 8.42 Å². The van der Waals surface area contributed by atoms with Crippen LogP contribution < -0.4 is 10.0 Å². The minimum absolute atomic E-state index is 0.170. The molecule has 2 saturated heterocycles. The lowest BCUT2D eigenvalue weighted by atomic mass is 9.75. The van der Waals surface area contributed by atoms with Gasteiger partial charge in [0.25, 0.3) is 10.2 Å². The molecule has 2 heterocycles. The highest BCUT2D eigenvalue weighted by molar-refractivity contribution is 7.87. The summed E-state index contributed by atoms with van der Waals surface area (Å²) in [5.41, 5.74) is 0.170. The molecule has 1 spiro atoms. The number of nitrogens with one attached hydrogen (secondary N) is 2. The van der Waals surface area contributed by atoms with Crippen LogP contribution in [0.3, 0.4) is 0 Å². The van der Waals surface area contributed by atoms with E-state index in [0.29, 0.717) is 25.6 Å². The highest BCUT2D eigenvalue weighted by Gasteiger charge is 2.40. The van der Waals surface area contributed by atoms with E-state index < -0.39 is 10.2 Å². The maximum atomic E-state index is 12.3. The summed E-state index contributed by atoms with van der Waals surface area (Å²) in [6, 6.07) is 0. The van der Waals surface area contributed by atoms with Crippen LogP contribution in [0.2, 0.25) is 0 Å². The van der Waals surface area contributed by atoms with Crippen molar-refractivity contribution in [3.05, 3.63) is 0 Å². The Hall–Kier alpha value is -0.170. The van der Waals surface area contributed by atoms with Crippen LogP contribution in [0.15, 0.2) is 0 Å². The van der Waals surface area contributed by atoms with Crippen molar-refractivity contribution in [3.8, 4) is 0 Å². The lowest BCUT2D eigenvalue weighted by Crippen LogP contribution is -2.54. The summed E-state index contributed by atoms with van der Waals surface area (Å²) in [6.45, 7) is 7.92. The smallest absolute Gasteiger partial charge is 0.279 e. The lowest BCUT2D eigenvalue weighted by molar-refractivity contribution is 0.109. The van der Waals surface area contributed by atoms with Crippen LogP contribution in [-0.2, 0) is 10.2 Å². The molecular formula is C13H27N3O2S. The SMILES string of the molecule is CC(C)CNS(=O)(=O)N1CCCC2(CCCNC2)C1. The molecule has 1 atom stereocenters. The van der Waals surface area contributed by atoms with E-state index in [-0.39, 0.29) is 5.41 Å². The average Bonchev–Trinajstić information content (AvgIpc) is 2.37. The van der Waals surface area contributed by atoms with E-state index in [1.54, 1.807) is 4.31 Å². The molecule has 2 aliphatic rings. The fourth-order valence-corrected chi connectivity index (χ4v) is 4.65. The Bertz CT molecular complexity index is 383. The Kier molecular flexibility index (Phi) is 4.87. The summed E-state index contributed by atoms with van der Waals surface area (Å²) in [5, 5.41) is 3.43. The normalized spacial score (nSPS) is 30.1. The van der Waals surface area contributed by atoms with Gasteiger partial charge in [-0.1, -0.05) is 13.8 Å². The first-order chi connectivity index (χ1) is 8.94. The van der Waals surface area contributed by atoms with Gasteiger partial charge in [0.15, 0.2) is 0 Å². The van der Waals surface area contributed by atoms with Crippen molar-refractivity contribution >= 4 is 10.2 Å². The molecule has 1 unspecified atom stereocenters. The fourth-order valence-electron chi connectivity index (χ4n) is 3.11. The zero-order valence-electron chi connectivity index (χ0n) is 12.1. The quantitative estimate of drug-likeness (QED) is 0.810. The highest BCUT2D eigenvalue weighted by atomic mass is 32.2. The van der Waals surface area contributed by atoms with Gasteiger partial charge in [-0.05, 0) is 43.6 Å². The van der Waals surface area contributed by atoms with Crippen molar-refractivity contribution in [2.45, 2.75) is 39.5 Å². The Morgan fingerprint density at radius 2 is 2.05 bits per heavy atom. The van der Waals surface area contributed by atoms with E-state index in [2.05, 4.69) is 10.0 Å². The summed E-state index contributed by atoms with van der Waals surface area (Å²) < 4.78 is 29.0. The minimum Gasteiger partial charge on any atom is -0.316 e. The van der Waals surface area contributed by atoms with Crippen LogP contribution in [-0.4, -0.2) is 45.4 Å². The van der Waals surface area contributed by atoms with Gasteiger partial charge in [0.1, 0.15) is 0 Å². The first-order valence-electron chi connectivity index (χ1n) is 7.39. The molecular weight excluding hydrogens is 262 g/mol. The van der Waals surface area contributed by atoms with Crippen LogP contribution in [0.25, 0.3) is 0 Å². The van der Waals surface area contributed by atoms with E-state index in [4.69, 9.17) is 0 Å². The maximum absolute atomic E-state index is 12.3. The van der Waals surface area contributed by atoms with E-state index in [0.717, 1.165) is 38.8 Å². The molecule has 6 heteroatoms. The molecule has 0 aromatic carbocycles. The van der Waals surface area contributed by atoms with Crippen molar-refractivity contribution in [1.82, 2.24) is 14.3 Å². The summed E-state index contributed by atoms with van der Waals surface area (Å²) in [4.78, 5) is 0. The molecule has 0 saturated carbocycles. The minimum atomic E-state index is -3.30. The summed E-state index contributed by atoms with van der Waals surface area (Å²) >= 11 is 0. The summed E-state index contributed by atoms with van der Waals surface area (Å²) in [7, 11) is -3.30. The Morgan fingerprint density at radius 3 is 2.68 bits per heavy atom. The molecule has 0 aromatic heterocycles. The zero-order chi connectivity index (χ0) is 13.9. The second-order valence-corrected chi connectivity index (χ2v) is 8.22. The van der Waals surface area contributed by atoms with Gasteiger partial charge < -0.3 is 5.32 Å². The number of hydrogen-bond donors (Lipinski definition) is 2. The van der Waals surface area contributed by atoms with Crippen LogP contribution in [0.4, 0.5) is 0 Å².